The largest absolute Gasteiger partial charge is 0.338 e. The Bertz CT molecular complexity index is 687. The normalized spacial score (nSPS) is 10.5. The van der Waals surface area contributed by atoms with Crippen LogP contribution in [0.4, 0.5) is 14.9 Å². The Balaban J connectivity index is 1.95. The first-order valence-corrected chi connectivity index (χ1v) is 9.00. The van der Waals surface area contributed by atoms with Gasteiger partial charge in [0.2, 0.25) is 0 Å². The number of hydrogen-bond donors (Lipinski definition) is 1. The zero-order chi connectivity index (χ0) is 18.1. The average Bonchev–Trinajstić information content (AvgIpc) is 2.64. The van der Waals surface area contributed by atoms with Crippen LogP contribution >= 0.6 is 0 Å². The number of benzene rings is 2. The fraction of sp³-hybridized carbons (Fsp3) is 0.381. The highest BCUT2D eigenvalue weighted by Crippen LogP contribution is 2.26. The molecule has 0 saturated carbocycles. The number of rotatable bonds is 8. The predicted molar refractivity (Wildman–Crippen MR) is 102 cm³/mol. The van der Waals surface area contributed by atoms with Crippen LogP contribution in [0, 0.1) is 5.82 Å². The fourth-order valence-electron chi connectivity index (χ4n) is 2.74. The molecule has 0 aliphatic rings. The van der Waals surface area contributed by atoms with E-state index in [-0.39, 0.29) is 11.8 Å². The molecular formula is C21H27FN2O. The molecule has 0 atom stereocenters. The molecule has 2 amide bonds. The van der Waals surface area contributed by atoms with Gasteiger partial charge in [-0.05, 0) is 30.2 Å². The molecule has 0 aliphatic heterocycles. The molecule has 0 saturated heterocycles. The molecule has 0 heterocycles. The van der Waals surface area contributed by atoms with Crippen LogP contribution in [0.25, 0.3) is 11.1 Å². The van der Waals surface area contributed by atoms with Crippen molar-refractivity contribution in [3.8, 4) is 11.1 Å². The van der Waals surface area contributed by atoms with E-state index in [9.17, 15) is 9.18 Å². The van der Waals surface area contributed by atoms with E-state index >= 15 is 0 Å². The molecule has 25 heavy (non-hydrogen) atoms. The average molecular weight is 342 g/mol. The molecule has 1 N–H and O–H groups in total. The van der Waals surface area contributed by atoms with Crippen LogP contribution in [0.1, 0.15) is 39.0 Å². The van der Waals surface area contributed by atoms with E-state index in [0.29, 0.717) is 12.1 Å². The topological polar surface area (TPSA) is 32.3 Å². The summed E-state index contributed by atoms with van der Waals surface area (Å²) in [5.41, 5.74) is 2.04. The maximum Gasteiger partial charge on any atom is 0.321 e. The van der Waals surface area contributed by atoms with Crippen LogP contribution in [-0.2, 0) is 0 Å². The number of amides is 2. The number of urea groups is 1. The maximum absolute atomic E-state index is 14.0. The SMILES string of the molecule is CCCCCCCNC(=O)N(C)c1cccc(-c2ccccc2F)c1. The van der Waals surface area contributed by atoms with Crippen molar-refractivity contribution in [2.45, 2.75) is 39.0 Å². The van der Waals surface area contributed by atoms with Gasteiger partial charge in [-0.25, -0.2) is 9.18 Å². The number of anilines is 1. The Morgan fingerprint density at radius 3 is 2.56 bits per heavy atom. The number of nitrogens with zero attached hydrogens (tertiary/aromatic N) is 1. The number of nitrogens with one attached hydrogen (secondary N) is 1. The van der Waals surface area contributed by atoms with Gasteiger partial charge in [-0.3, -0.25) is 4.90 Å². The molecule has 0 radical (unpaired) electrons. The number of unbranched alkanes of at least 4 members (excludes halogenated alkanes) is 4. The van der Waals surface area contributed by atoms with E-state index < -0.39 is 0 Å². The third-order valence-electron chi connectivity index (χ3n) is 4.28. The number of carbonyl (C=O) groups is 1. The zero-order valence-electron chi connectivity index (χ0n) is 15.1. The van der Waals surface area contributed by atoms with E-state index in [1.807, 2.05) is 24.3 Å². The van der Waals surface area contributed by atoms with Crippen LogP contribution in [0.15, 0.2) is 48.5 Å². The molecule has 0 fully saturated rings. The van der Waals surface area contributed by atoms with Gasteiger partial charge >= 0.3 is 6.03 Å². The number of hydrogen-bond acceptors (Lipinski definition) is 1. The minimum atomic E-state index is -0.265. The summed E-state index contributed by atoms with van der Waals surface area (Å²) in [6.07, 6.45) is 5.81. The van der Waals surface area contributed by atoms with Crippen LogP contribution < -0.4 is 10.2 Å². The van der Waals surface area contributed by atoms with Crippen molar-refractivity contribution in [3.63, 3.8) is 0 Å². The standard InChI is InChI=1S/C21H27FN2O/c1-3-4-5-6-9-15-23-21(25)24(2)18-12-10-11-17(16-18)19-13-7-8-14-20(19)22/h7-8,10-14,16H,3-6,9,15H2,1-2H3,(H,23,25). The van der Waals surface area contributed by atoms with Gasteiger partial charge in [0, 0.05) is 24.8 Å². The molecule has 3 nitrogen and oxygen atoms in total. The van der Waals surface area contributed by atoms with Crippen molar-refractivity contribution in [2.75, 3.05) is 18.5 Å². The summed E-state index contributed by atoms with van der Waals surface area (Å²) in [7, 11) is 1.73. The Morgan fingerprint density at radius 1 is 1.04 bits per heavy atom. The van der Waals surface area contributed by atoms with Gasteiger partial charge in [0.25, 0.3) is 0 Å². The molecule has 0 bridgehead atoms. The molecule has 134 valence electrons. The van der Waals surface area contributed by atoms with Gasteiger partial charge in [-0.15, -0.1) is 0 Å². The highest BCUT2D eigenvalue weighted by Gasteiger charge is 2.12. The highest BCUT2D eigenvalue weighted by atomic mass is 19.1. The van der Waals surface area contributed by atoms with E-state index in [1.165, 1.54) is 25.3 Å². The van der Waals surface area contributed by atoms with Gasteiger partial charge in [-0.2, -0.15) is 0 Å². The second-order valence-corrected chi connectivity index (χ2v) is 6.24. The molecule has 0 aliphatic carbocycles. The first-order valence-electron chi connectivity index (χ1n) is 9.00. The first kappa shape index (κ1) is 19.0. The Hall–Kier alpha value is -2.36. The van der Waals surface area contributed by atoms with Crippen molar-refractivity contribution < 1.29 is 9.18 Å². The second kappa shape index (κ2) is 9.82. The summed E-state index contributed by atoms with van der Waals surface area (Å²) < 4.78 is 14.0. The minimum absolute atomic E-state index is 0.138. The van der Waals surface area contributed by atoms with E-state index in [1.54, 1.807) is 30.1 Å². The number of halogens is 1. The lowest BCUT2D eigenvalue weighted by molar-refractivity contribution is 0.247. The summed E-state index contributed by atoms with van der Waals surface area (Å²) in [6, 6.07) is 13.9. The second-order valence-electron chi connectivity index (χ2n) is 6.24. The van der Waals surface area contributed by atoms with Crippen molar-refractivity contribution in [2.24, 2.45) is 0 Å². The monoisotopic (exact) mass is 342 g/mol. The van der Waals surface area contributed by atoms with Crippen LogP contribution in [0.2, 0.25) is 0 Å². The first-order chi connectivity index (χ1) is 12.1. The van der Waals surface area contributed by atoms with E-state index in [4.69, 9.17) is 0 Å². The fourth-order valence-corrected chi connectivity index (χ4v) is 2.74. The molecule has 2 aromatic carbocycles. The van der Waals surface area contributed by atoms with Gasteiger partial charge in [0.15, 0.2) is 0 Å². The highest BCUT2D eigenvalue weighted by molar-refractivity contribution is 5.92. The Labute approximate surface area is 149 Å². The maximum atomic E-state index is 14.0. The molecule has 0 aromatic heterocycles. The van der Waals surface area contributed by atoms with Crippen molar-refractivity contribution in [3.05, 3.63) is 54.3 Å². The van der Waals surface area contributed by atoms with Crippen LogP contribution in [0.5, 0.6) is 0 Å². The molecule has 4 heteroatoms. The Morgan fingerprint density at radius 2 is 1.80 bits per heavy atom. The molecular weight excluding hydrogens is 315 g/mol. The van der Waals surface area contributed by atoms with Gasteiger partial charge in [-0.1, -0.05) is 62.9 Å². The lowest BCUT2D eigenvalue weighted by Crippen LogP contribution is -2.37. The van der Waals surface area contributed by atoms with E-state index in [2.05, 4.69) is 12.2 Å². The smallest absolute Gasteiger partial charge is 0.321 e. The third kappa shape index (κ3) is 5.59. The summed E-state index contributed by atoms with van der Waals surface area (Å²) in [5.74, 6) is -0.265. The summed E-state index contributed by atoms with van der Waals surface area (Å²) in [5, 5.41) is 2.94. The van der Waals surface area contributed by atoms with E-state index in [0.717, 1.165) is 24.1 Å². The lowest BCUT2D eigenvalue weighted by Gasteiger charge is -2.19. The third-order valence-corrected chi connectivity index (χ3v) is 4.28. The summed E-state index contributed by atoms with van der Waals surface area (Å²) >= 11 is 0. The number of carbonyl (C=O) groups excluding carboxylic acids is 1. The van der Waals surface area contributed by atoms with Crippen LogP contribution in [-0.4, -0.2) is 19.6 Å². The molecule has 2 aromatic rings. The van der Waals surface area contributed by atoms with Gasteiger partial charge in [0.05, 0.1) is 0 Å². The van der Waals surface area contributed by atoms with Crippen LogP contribution in [0.3, 0.4) is 0 Å². The quantitative estimate of drug-likeness (QED) is 0.621. The van der Waals surface area contributed by atoms with Gasteiger partial charge < -0.3 is 5.32 Å². The van der Waals surface area contributed by atoms with Crippen molar-refractivity contribution >= 4 is 11.7 Å². The lowest BCUT2D eigenvalue weighted by atomic mass is 10.0. The van der Waals surface area contributed by atoms with Gasteiger partial charge in [0.1, 0.15) is 5.82 Å². The summed E-state index contributed by atoms with van der Waals surface area (Å²) in [6.45, 7) is 2.87. The Kier molecular flexibility index (Phi) is 7.45. The van der Waals surface area contributed by atoms with Crippen molar-refractivity contribution in [1.29, 1.82) is 0 Å². The molecule has 0 unspecified atom stereocenters. The molecule has 0 spiro atoms. The van der Waals surface area contributed by atoms with Crippen molar-refractivity contribution in [1.82, 2.24) is 5.32 Å². The zero-order valence-corrected chi connectivity index (χ0v) is 15.1. The minimum Gasteiger partial charge on any atom is -0.338 e. The predicted octanol–water partition coefficient (Wildman–Crippen LogP) is 5.61. The molecule has 2 rings (SSSR count). The summed E-state index contributed by atoms with van der Waals surface area (Å²) in [4.78, 5) is 13.9.